The zero-order valence-corrected chi connectivity index (χ0v) is 19.3. The summed E-state index contributed by atoms with van der Waals surface area (Å²) in [6, 6.07) is 13.8. The number of hydrogen-bond donors (Lipinski definition) is 1. The summed E-state index contributed by atoms with van der Waals surface area (Å²) >= 11 is 7.38. The first-order valence-electron chi connectivity index (χ1n) is 10.2. The molecule has 0 saturated carbocycles. The molecular weight excluding hydrogens is 414 g/mol. The second kappa shape index (κ2) is 8.12. The van der Waals surface area contributed by atoms with Crippen LogP contribution in [0.5, 0.6) is 0 Å². The molecule has 156 valence electrons. The molecular formula is C24H26ClN3OS. The number of benzene rings is 2. The van der Waals surface area contributed by atoms with Crippen molar-refractivity contribution < 1.29 is 4.79 Å². The number of aliphatic imine (C=N–C) groups is 1. The number of halogens is 1. The lowest BCUT2D eigenvalue weighted by molar-refractivity contribution is -0.115. The molecule has 1 amide bonds. The lowest BCUT2D eigenvalue weighted by Crippen LogP contribution is -2.48. The van der Waals surface area contributed by atoms with Crippen LogP contribution in [0.15, 0.2) is 52.4 Å². The number of amidine groups is 1. The minimum Gasteiger partial charge on any atom is -0.366 e. The van der Waals surface area contributed by atoms with Gasteiger partial charge in [0.2, 0.25) is 0 Å². The van der Waals surface area contributed by atoms with Crippen molar-refractivity contribution in [2.24, 2.45) is 4.99 Å². The zero-order valence-electron chi connectivity index (χ0n) is 17.7. The van der Waals surface area contributed by atoms with Crippen LogP contribution < -0.4 is 10.2 Å². The third-order valence-corrected chi connectivity index (χ3v) is 6.86. The summed E-state index contributed by atoms with van der Waals surface area (Å²) in [5.41, 5.74) is 4.56. The lowest BCUT2D eigenvalue weighted by atomic mass is 9.79. The van der Waals surface area contributed by atoms with E-state index in [1.807, 2.05) is 18.2 Å². The molecule has 0 bridgehead atoms. The van der Waals surface area contributed by atoms with Crippen LogP contribution in [0.3, 0.4) is 0 Å². The fourth-order valence-electron chi connectivity index (χ4n) is 4.49. The summed E-state index contributed by atoms with van der Waals surface area (Å²) in [5.74, 6) is 0.351. The van der Waals surface area contributed by atoms with Gasteiger partial charge in [0.1, 0.15) is 0 Å². The fraction of sp³-hybridized carbons (Fsp3) is 0.333. The van der Waals surface area contributed by atoms with Crippen LogP contribution in [0.25, 0.3) is 6.08 Å². The van der Waals surface area contributed by atoms with E-state index in [1.54, 1.807) is 12.1 Å². The van der Waals surface area contributed by atoms with Gasteiger partial charge in [-0.3, -0.25) is 4.79 Å². The molecule has 0 aliphatic carbocycles. The highest BCUT2D eigenvalue weighted by molar-refractivity contribution is 8.18. The summed E-state index contributed by atoms with van der Waals surface area (Å²) in [4.78, 5) is 20.1. The lowest BCUT2D eigenvalue weighted by Gasteiger charge is -2.47. The number of amides is 1. The van der Waals surface area contributed by atoms with E-state index in [2.05, 4.69) is 61.1 Å². The van der Waals surface area contributed by atoms with Crippen LogP contribution in [0.2, 0.25) is 5.02 Å². The Labute approximate surface area is 187 Å². The van der Waals surface area contributed by atoms with E-state index >= 15 is 0 Å². The van der Waals surface area contributed by atoms with Crippen LogP contribution in [-0.4, -0.2) is 23.2 Å². The van der Waals surface area contributed by atoms with Crippen molar-refractivity contribution in [1.82, 2.24) is 5.32 Å². The molecule has 2 aromatic rings. The van der Waals surface area contributed by atoms with Gasteiger partial charge in [-0.15, -0.1) is 0 Å². The number of fused-ring (bicyclic) bond motifs is 1. The van der Waals surface area contributed by atoms with E-state index in [0.29, 0.717) is 21.0 Å². The average molecular weight is 440 g/mol. The molecule has 30 heavy (non-hydrogen) atoms. The largest absolute Gasteiger partial charge is 0.366 e. The number of rotatable bonds is 3. The van der Waals surface area contributed by atoms with Crippen LogP contribution >= 0.6 is 23.4 Å². The van der Waals surface area contributed by atoms with Crippen LogP contribution in [0, 0.1) is 0 Å². The molecule has 2 aliphatic heterocycles. The van der Waals surface area contributed by atoms with E-state index in [9.17, 15) is 4.79 Å². The summed E-state index contributed by atoms with van der Waals surface area (Å²) in [7, 11) is 0. The van der Waals surface area contributed by atoms with E-state index < -0.39 is 0 Å². The number of nitrogens with zero attached hydrogens (tertiary/aromatic N) is 2. The fourth-order valence-corrected chi connectivity index (χ4v) is 5.52. The Bertz CT molecular complexity index is 1060. The van der Waals surface area contributed by atoms with Gasteiger partial charge in [0, 0.05) is 22.8 Å². The van der Waals surface area contributed by atoms with E-state index in [4.69, 9.17) is 11.6 Å². The second-order valence-electron chi connectivity index (χ2n) is 8.44. The van der Waals surface area contributed by atoms with E-state index in [0.717, 1.165) is 24.2 Å². The molecule has 2 heterocycles. The Morgan fingerprint density at radius 2 is 2.10 bits per heavy atom. The summed E-state index contributed by atoms with van der Waals surface area (Å²) < 4.78 is 0. The van der Waals surface area contributed by atoms with Crippen molar-refractivity contribution in [2.75, 3.05) is 11.4 Å². The highest BCUT2D eigenvalue weighted by Gasteiger charge is 2.35. The first-order chi connectivity index (χ1) is 14.3. The highest BCUT2D eigenvalue weighted by Crippen LogP contribution is 2.43. The Morgan fingerprint density at radius 3 is 2.83 bits per heavy atom. The molecule has 4 rings (SSSR count). The van der Waals surface area contributed by atoms with Crippen LogP contribution in [0.4, 0.5) is 11.4 Å². The number of anilines is 1. The predicted molar refractivity (Wildman–Crippen MR) is 129 cm³/mol. The molecule has 6 heteroatoms. The molecule has 0 spiro atoms. The number of hydrogen-bond acceptors (Lipinski definition) is 4. The van der Waals surface area contributed by atoms with Gasteiger partial charge < -0.3 is 10.2 Å². The molecule has 2 aliphatic rings. The van der Waals surface area contributed by atoms with Crippen molar-refractivity contribution >= 4 is 51.9 Å². The molecule has 1 unspecified atom stereocenters. The highest BCUT2D eigenvalue weighted by atomic mass is 35.5. The van der Waals surface area contributed by atoms with Gasteiger partial charge in [-0.05, 0) is 92.4 Å². The molecule has 1 atom stereocenters. The number of carbonyl (C=O) groups excluding carboxylic acids is 1. The molecule has 1 N–H and O–H groups in total. The van der Waals surface area contributed by atoms with Gasteiger partial charge in [-0.25, -0.2) is 4.99 Å². The van der Waals surface area contributed by atoms with Gasteiger partial charge in [0.25, 0.3) is 5.91 Å². The zero-order chi connectivity index (χ0) is 21.5. The number of nitrogens with one attached hydrogen (secondary N) is 1. The maximum atomic E-state index is 12.5. The molecule has 2 aromatic carbocycles. The maximum absolute atomic E-state index is 12.5. The van der Waals surface area contributed by atoms with Crippen molar-refractivity contribution in [3.05, 3.63) is 63.5 Å². The molecule has 1 fully saturated rings. The summed E-state index contributed by atoms with van der Waals surface area (Å²) in [6.45, 7) is 10.1. The van der Waals surface area contributed by atoms with Crippen LogP contribution in [-0.2, 0) is 4.79 Å². The van der Waals surface area contributed by atoms with E-state index in [-0.39, 0.29) is 11.4 Å². The predicted octanol–water partition coefficient (Wildman–Crippen LogP) is 6.34. The van der Waals surface area contributed by atoms with Crippen molar-refractivity contribution in [3.63, 3.8) is 0 Å². The first kappa shape index (κ1) is 21.0. The van der Waals surface area contributed by atoms with Gasteiger partial charge in [-0.1, -0.05) is 30.7 Å². The minimum atomic E-state index is -0.122. The quantitative estimate of drug-likeness (QED) is 0.567. The molecule has 0 aromatic heterocycles. The standard InChI is InChI=1S/C24H26ClN3OS/c1-5-28-20-10-9-16(11-19(20)15(2)14-24(28,3)4)12-21-22(29)27-23(30-21)26-18-8-6-7-17(25)13-18/h6-13,15H,5,14H2,1-4H3,(H,26,27,29)/b21-12+. The third-order valence-electron chi connectivity index (χ3n) is 5.71. The number of carbonyl (C=O) groups is 1. The molecule has 0 radical (unpaired) electrons. The van der Waals surface area contributed by atoms with Gasteiger partial charge in [0.15, 0.2) is 5.17 Å². The molecule has 4 nitrogen and oxygen atoms in total. The number of thioether (sulfide) groups is 1. The van der Waals surface area contributed by atoms with Gasteiger partial charge in [-0.2, -0.15) is 0 Å². The molecule has 1 saturated heterocycles. The summed E-state index contributed by atoms with van der Waals surface area (Å²) in [6.07, 6.45) is 3.06. The third kappa shape index (κ3) is 4.14. The van der Waals surface area contributed by atoms with Crippen molar-refractivity contribution in [1.29, 1.82) is 0 Å². The normalized spacial score (nSPS) is 23.0. The van der Waals surface area contributed by atoms with Crippen LogP contribution in [0.1, 0.15) is 51.2 Å². The second-order valence-corrected chi connectivity index (χ2v) is 9.91. The van der Waals surface area contributed by atoms with E-state index in [1.165, 1.54) is 23.0 Å². The Hall–Kier alpha value is -2.24. The smallest absolute Gasteiger partial charge is 0.264 e. The topological polar surface area (TPSA) is 44.7 Å². The Kier molecular flexibility index (Phi) is 5.69. The monoisotopic (exact) mass is 439 g/mol. The SMILES string of the molecule is CCN1c2ccc(/C=C3/SC(=Nc4cccc(Cl)c4)NC3=O)cc2C(C)CC1(C)C. The van der Waals surface area contributed by atoms with Gasteiger partial charge in [0.05, 0.1) is 10.6 Å². The first-order valence-corrected chi connectivity index (χ1v) is 11.4. The Morgan fingerprint density at radius 1 is 1.30 bits per heavy atom. The Balaban J connectivity index is 1.61. The van der Waals surface area contributed by atoms with Crippen molar-refractivity contribution in [2.45, 2.75) is 45.6 Å². The maximum Gasteiger partial charge on any atom is 0.264 e. The minimum absolute atomic E-state index is 0.122. The average Bonchev–Trinajstić information content (AvgIpc) is 3.00. The van der Waals surface area contributed by atoms with Gasteiger partial charge >= 0.3 is 0 Å². The van der Waals surface area contributed by atoms with Crippen molar-refractivity contribution in [3.8, 4) is 0 Å². The summed E-state index contributed by atoms with van der Waals surface area (Å²) in [5, 5.41) is 4.03.